The molecule has 0 bridgehead atoms. The number of ether oxygens (including phenoxy) is 1. The Morgan fingerprint density at radius 2 is 1.95 bits per heavy atom. The first-order valence-corrected chi connectivity index (χ1v) is 14.5. The highest BCUT2D eigenvalue weighted by molar-refractivity contribution is 5.92. The highest BCUT2D eigenvalue weighted by Gasteiger charge is 2.35. The smallest absolute Gasteiger partial charge is 0.270 e. The van der Waals surface area contributed by atoms with E-state index in [1.807, 2.05) is 24.8 Å². The summed E-state index contributed by atoms with van der Waals surface area (Å²) in [5.74, 6) is 1.25. The molecule has 12 nitrogen and oxygen atoms in total. The zero-order chi connectivity index (χ0) is 28.8. The lowest BCUT2D eigenvalue weighted by Gasteiger charge is -2.32. The average molecular weight is 565 g/mol. The summed E-state index contributed by atoms with van der Waals surface area (Å²) in [6.45, 7) is 8.10. The Morgan fingerprint density at radius 3 is 2.71 bits per heavy atom. The molecule has 0 unspecified atom stereocenters. The maximum Gasteiger partial charge on any atom is 0.270 e. The Hall–Kier alpha value is -3.64. The molecule has 1 saturated heterocycles. The van der Waals surface area contributed by atoms with Gasteiger partial charge in [0.05, 0.1) is 12.7 Å². The van der Waals surface area contributed by atoms with Crippen molar-refractivity contribution in [3.05, 3.63) is 47.4 Å². The molecule has 1 aromatic heterocycles. The van der Waals surface area contributed by atoms with Gasteiger partial charge in [-0.2, -0.15) is 10.2 Å². The third-order valence-electron chi connectivity index (χ3n) is 7.90. The Bertz CT molecular complexity index is 1260. The number of aromatic nitrogens is 2. The lowest BCUT2D eigenvalue weighted by Crippen LogP contribution is -2.42. The Kier molecular flexibility index (Phi) is 9.09. The molecule has 0 aliphatic carbocycles. The molecule has 1 fully saturated rings. The predicted octanol–water partition coefficient (Wildman–Crippen LogP) is 2.39. The van der Waals surface area contributed by atoms with E-state index in [9.17, 15) is 14.7 Å². The fourth-order valence-electron chi connectivity index (χ4n) is 5.39. The van der Waals surface area contributed by atoms with Crippen LogP contribution in [0.3, 0.4) is 0 Å². The van der Waals surface area contributed by atoms with Crippen molar-refractivity contribution in [3.8, 4) is 5.75 Å². The monoisotopic (exact) mass is 564 g/mol. The normalized spacial score (nSPS) is 18.9. The fourth-order valence-corrected chi connectivity index (χ4v) is 5.39. The van der Waals surface area contributed by atoms with Crippen LogP contribution < -0.4 is 15.4 Å². The number of fused-ring (bicyclic) bond motifs is 1. The molecule has 0 radical (unpaired) electrons. The van der Waals surface area contributed by atoms with E-state index < -0.39 is 6.10 Å². The number of aliphatic hydroxyl groups excluding tert-OH is 1. The van der Waals surface area contributed by atoms with Crippen molar-refractivity contribution in [2.24, 2.45) is 10.2 Å². The van der Waals surface area contributed by atoms with Crippen LogP contribution in [0.2, 0.25) is 0 Å². The Balaban J connectivity index is 1.03. The second-order valence-electron chi connectivity index (χ2n) is 11.2. The van der Waals surface area contributed by atoms with Crippen molar-refractivity contribution in [2.45, 2.75) is 70.3 Å². The van der Waals surface area contributed by atoms with E-state index in [4.69, 9.17) is 4.74 Å². The maximum absolute atomic E-state index is 12.8. The molecule has 220 valence electrons. The van der Waals surface area contributed by atoms with E-state index in [-0.39, 0.29) is 35.8 Å². The second-order valence-corrected chi connectivity index (χ2v) is 11.2. The third-order valence-corrected chi connectivity index (χ3v) is 7.90. The largest absolute Gasteiger partial charge is 0.494 e. The zero-order valence-corrected chi connectivity index (χ0v) is 23.9. The number of carbonyl (C=O) groups is 2. The first-order valence-electron chi connectivity index (χ1n) is 14.5. The molecule has 1 aromatic carbocycles. The van der Waals surface area contributed by atoms with Gasteiger partial charge >= 0.3 is 0 Å². The van der Waals surface area contributed by atoms with Gasteiger partial charge < -0.3 is 25.4 Å². The van der Waals surface area contributed by atoms with Crippen molar-refractivity contribution in [1.29, 1.82) is 0 Å². The van der Waals surface area contributed by atoms with Gasteiger partial charge in [0.25, 0.3) is 5.91 Å². The van der Waals surface area contributed by atoms with Crippen LogP contribution in [0.15, 0.2) is 40.8 Å². The van der Waals surface area contributed by atoms with Gasteiger partial charge in [-0.05, 0) is 56.4 Å². The number of carbonyl (C=O) groups excluding carboxylic acids is 2. The van der Waals surface area contributed by atoms with Crippen LogP contribution >= 0.6 is 0 Å². The highest BCUT2D eigenvalue weighted by Crippen LogP contribution is 2.32. The van der Waals surface area contributed by atoms with Gasteiger partial charge in [0.2, 0.25) is 5.91 Å². The summed E-state index contributed by atoms with van der Waals surface area (Å²) in [7, 11) is 0. The first kappa shape index (κ1) is 28.9. The van der Waals surface area contributed by atoms with Gasteiger partial charge in [0.15, 0.2) is 5.66 Å². The number of piperidine rings is 1. The van der Waals surface area contributed by atoms with Gasteiger partial charge in [-0.3, -0.25) is 14.5 Å². The molecular weight excluding hydrogens is 524 g/mol. The minimum absolute atomic E-state index is 0.131. The molecule has 2 amide bonds. The van der Waals surface area contributed by atoms with Crippen molar-refractivity contribution < 1.29 is 19.4 Å². The summed E-state index contributed by atoms with van der Waals surface area (Å²) < 4.78 is 5.60. The first-order chi connectivity index (χ1) is 19.8. The minimum atomic E-state index is -0.702. The number of β-amino-alcohol motifs (C(OH)–C–C–N with tert-alkyl or cyclic N) is 1. The third kappa shape index (κ3) is 7.98. The number of aliphatic hydroxyl groups is 1. The van der Waals surface area contributed by atoms with Gasteiger partial charge in [0, 0.05) is 64.2 Å². The van der Waals surface area contributed by atoms with Crippen molar-refractivity contribution in [2.75, 3.05) is 44.6 Å². The quantitative estimate of drug-likeness (QED) is 0.356. The Morgan fingerprint density at radius 1 is 1.15 bits per heavy atom. The number of nitrogens with one attached hydrogen (secondary N) is 2. The lowest BCUT2D eigenvalue weighted by atomic mass is 9.99. The number of benzene rings is 1. The molecule has 2 aromatic rings. The average Bonchev–Trinajstić information content (AvgIpc) is 3.72. The minimum Gasteiger partial charge on any atom is -0.494 e. The molecule has 3 aliphatic heterocycles. The molecule has 4 heterocycles. The van der Waals surface area contributed by atoms with E-state index in [0.717, 1.165) is 38.1 Å². The van der Waals surface area contributed by atoms with Crippen LogP contribution in [0.5, 0.6) is 5.75 Å². The lowest BCUT2D eigenvalue weighted by molar-refractivity contribution is -0.132. The molecule has 41 heavy (non-hydrogen) atoms. The van der Waals surface area contributed by atoms with Gasteiger partial charge in [-0.1, -0.05) is 6.07 Å². The van der Waals surface area contributed by atoms with E-state index in [0.29, 0.717) is 44.9 Å². The van der Waals surface area contributed by atoms with Crippen molar-refractivity contribution in [3.63, 3.8) is 0 Å². The van der Waals surface area contributed by atoms with E-state index in [1.165, 1.54) is 17.5 Å². The summed E-state index contributed by atoms with van der Waals surface area (Å²) in [5, 5.41) is 24.7. The van der Waals surface area contributed by atoms with E-state index >= 15 is 0 Å². The molecule has 12 heteroatoms. The summed E-state index contributed by atoms with van der Waals surface area (Å²) in [6.07, 6.45) is 4.27. The predicted molar refractivity (Wildman–Crippen MR) is 153 cm³/mol. The molecule has 3 N–H and O–H groups in total. The number of anilines is 1. The number of rotatable bonds is 12. The molecule has 1 atom stereocenters. The number of likely N-dealkylation sites (tertiary alicyclic amines) is 1. The highest BCUT2D eigenvalue weighted by atomic mass is 16.5. The van der Waals surface area contributed by atoms with Crippen LogP contribution in [0, 0.1) is 0 Å². The van der Waals surface area contributed by atoms with Crippen LogP contribution in [-0.4, -0.2) is 93.8 Å². The van der Waals surface area contributed by atoms with Crippen LogP contribution in [0.1, 0.15) is 61.1 Å². The summed E-state index contributed by atoms with van der Waals surface area (Å²) >= 11 is 0. The second kappa shape index (κ2) is 12.9. The zero-order valence-electron chi connectivity index (χ0n) is 23.9. The summed E-state index contributed by atoms with van der Waals surface area (Å²) in [4.78, 5) is 37.7. The van der Waals surface area contributed by atoms with Crippen LogP contribution in [0.25, 0.3) is 0 Å². The van der Waals surface area contributed by atoms with Gasteiger partial charge in [-0.25, -0.2) is 9.97 Å². The van der Waals surface area contributed by atoms with Crippen molar-refractivity contribution >= 4 is 17.6 Å². The van der Waals surface area contributed by atoms with E-state index in [1.54, 1.807) is 6.07 Å². The number of hydrogen-bond acceptors (Lipinski definition) is 10. The molecule has 0 saturated carbocycles. The van der Waals surface area contributed by atoms with Gasteiger partial charge in [0.1, 0.15) is 23.6 Å². The van der Waals surface area contributed by atoms with Crippen molar-refractivity contribution in [1.82, 2.24) is 25.1 Å². The standard InChI is InChI=1S/C29H40N8O4/c1-3-41-24-5-4-21-17-36(11-7-20(21)14-24)18-23(38)16-30-28(40)25-15-26(32-19-31-25)33-22-8-12-37(13-9-22)27(39)6-10-29(2)34-35-29/h4-5,14-15,19,22-23,38H,3,6-13,16-18H2,1-2H3,(H,30,40)(H,31,32,33)/t23-/m0/s1. The van der Waals surface area contributed by atoms with Crippen LogP contribution in [0.4, 0.5) is 5.82 Å². The van der Waals surface area contributed by atoms with Gasteiger partial charge in [-0.15, -0.1) is 0 Å². The summed E-state index contributed by atoms with van der Waals surface area (Å²) in [5.41, 5.74) is 2.42. The molecular formula is C29H40N8O4. The topological polar surface area (TPSA) is 145 Å². The molecule has 0 spiro atoms. The number of nitrogens with zero attached hydrogens (tertiary/aromatic N) is 6. The number of hydrogen-bond donors (Lipinski definition) is 3. The summed E-state index contributed by atoms with van der Waals surface area (Å²) in [6, 6.07) is 7.96. The van der Waals surface area contributed by atoms with E-state index in [2.05, 4.69) is 47.9 Å². The SMILES string of the molecule is CCOc1ccc2c(c1)CCN(C[C@@H](O)CNC(=O)c1cc(NC3CCN(C(=O)CCC4(C)N=N4)CC3)ncn1)C2. The van der Waals surface area contributed by atoms with Crippen LogP contribution in [-0.2, 0) is 17.8 Å². The molecule has 5 rings (SSSR count). The molecule has 3 aliphatic rings. The fraction of sp³-hybridized carbons (Fsp3) is 0.586. The number of amides is 2. The Labute approximate surface area is 240 Å². The maximum atomic E-state index is 12.8.